The van der Waals surface area contributed by atoms with Crippen molar-refractivity contribution in [3.05, 3.63) is 36.4 Å². The number of carboxylic acids is 1. The van der Waals surface area contributed by atoms with E-state index >= 15 is 0 Å². The molecule has 0 aromatic carbocycles. The average molecular weight is 487 g/mol. The summed E-state index contributed by atoms with van der Waals surface area (Å²) >= 11 is 0. The highest BCUT2D eigenvalue weighted by atomic mass is 16.4. The Balaban J connectivity index is 1.49. The van der Waals surface area contributed by atoms with Gasteiger partial charge >= 0.3 is 5.97 Å². The van der Waals surface area contributed by atoms with E-state index in [0.29, 0.717) is 50.2 Å². The van der Waals surface area contributed by atoms with E-state index in [0.717, 1.165) is 0 Å². The molecule has 0 saturated carbocycles. The van der Waals surface area contributed by atoms with Crippen molar-refractivity contribution in [2.75, 3.05) is 13.1 Å². The number of carbonyl (C=O) groups is 4. The minimum absolute atomic E-state index is 0.139. The van der Waals surface area contributed by atoms with Crippen LogP contribution in [0.5, 0.6) is 0 Å². The predicted molar refractivity (Wildman–Crippen MR) is 122 cm³/mol. The Morgan fingerprint density at radius 1 is 1.00 bits per heavy atom. The molecule has 4 atom stereocenters. The number of carbonyl (C=O) groups excluding carboxylic acids is 3. The van der Waals surface area contributed by atoms with Gasteiger partial charge in [-0.25, -0.2) is 14.8 Å². The molecule has 13 heteroatoms. The number of likely N-dealkylation sites (tertiary alicyclic amines) is 2. The van der Waals surface area contributed by atoms with Crippen molar-refractivity contribution in [2.45, 2.75) is 62.7 Å². The first-order chi connectivity index (χ1) is 16.8. The van der Waals surface area contributed by atoms with Gasteiger partial charge in [-0.3, -0.25) is 14.4 Å². The molecule has 0 aliphatic carbocycles. The maximum Gasteiger partial charge on any atom is 0.326 e. The number of amides is 3. The number of aromatic amines is 2. The van der Waals surface area contributed by atoms with Gasteiger partial charge in [-0.2, -0.15) is 0 Å². The molecule has 0 spiro atoms. The number of nitrogens with two attached hydrogens (primary N) is 1. The summed E-state index contributed by atoms with van der Waals surface area (Å²) in [5, 5.41) is 12.2. The first-order valence-corrected chi connectivity index (χ1v) is 11.7. The lowest BCUT2D eigenvalue weighted by molar-refractivity contribution is -0.152. The quantitative estimate of drug-likeness (QED) is 0.292. The lowest BCUT2D eigenvalue weighted by atomic mass is 10.1. The number of H-pyrrole nitrogens is 2. The molecule has 3 amide bonds. The molecule has 2 aliphatic rings. The first kappa shape index (κ1) is 24.4. The monoisotopic (exact) mass is 486 g/mol. The molecule has 2 aliphatic heterocycles. The lowest BCUT2D eigenvalue weighted by Gasteiger charge is -2.32. The zero-order chi connectivity index (χ0) is 24.9. The molecule has 2 fully saturated rings. The second-order valence-corrected chi connectivity index (χ2v) is 8.95. The van der Waals surface area contributed by atoms with Crippen molar-refractivity contribution in [3.63, 3.8) is 0 Å². The van der Waals surface area contributed by atoms with E-state index in [4.69, 9.17) is 5.73 Å². The number of carboxylic acid groups (broad SMARTS) is 1. The van der Waals surface area contributed by atoms with Crippen LogP contribution in [-0.2, 0) is 32.0 Å². The van der Waals surface area contributed by atoms with Crippen LogP contribution in [0.25, 0.3) is 0 Å². The van der Waals surface area contributed by atoms with Gasteiger partial charge in [0.25, 0.3) is 0 Å². The number of rotatable bonds is 9. The second kappa shape index (κ2) is 10.7. The fraction of sp³-hybridized carbons (Fsp3) is 0.545. The maximum atomic E-state index is 13.6. The minimum Gasteiger partial charge on any atom is -0.480 e. The Morgan fingerprint density at radius 3 is 2.20 bits per heavy atom. The van der Waals surface area contributed by atoms with Crippen LogP contribution in [0.4, 0.5) is 0 Å². The minimum atomic E-state index is -1.04. The molecule has 0 bridgehead atoms. The smallest absolute Gasteiger partial charge is 0.326 e. The molecule has 188 valence electrons. The zero-order valence-corrected chi connectivity index (χ0v) is 19.2. The molecular formula is C22H30N8O5. The zero-order valence-electron chi connectivity index (χ0n) is 19.2. The van der Waals surface area contributed by atoms with E-state index in [-0.39, 0.29) is 18.7 Å². The molecule has 2 aromatic heterocycles. The number of aliphatic carboxylic acids is 1. The summed E-state index contributed by atoms with van der Waals surface area (Å²) in [6.45, 7) is 0.696. The highest BCUT2D eigenvalue weighted by Crippen LogP contribution is 2.26. The van der Waals surface area contributed by atoms with Crippen LogP contribution in [0.3, 0.4) is 0 Å². The number of imidazole rings is 2. The van der Waals surface area contributed by atoms with Gasteiger partial charge in [0.1, 0.15) is 18.1 Å². The lowest BCUT2D eigenvalue weighted by Crippen LogP contribution is -2.57. The van der Waals surface area contributed by atoms with Gasteiger partial charge in [-0.15, -0.1) is 0 Å². The van der Waals surface area contributed by atoms with Crippen LogP contribution in [0.1, 0.15) is 37.1 Å². The molecule has 6 N–H and O–H groups in total. The Bertz CT molecular complexity index is 1040. The molecule has 2 aromatic rings. The number of hydrogen-bond donors (Lipinski definition) is 5. The standard InChI is InChI=1S/C22H30N8O5/c23-15(7-13-9-24-11-26-13)19(31)28-16(8-14-10-25-12-27-14)20(32)29-5-1-3-17(29)21(33)30-6-2-4-18(30)22(34)35/h9-12,15-18H,1-8,23H2,(H,24,26)(H,25,27)(H,28,31)(H,34,35)/t15-,16-,17-,18-/m0/s1. The number of nitrogens with zero attached hydrogens (tertiary/aromatic N) is 4. The van der Waals surface area contributed by atoms with Gasteiger partial charge in [0.2, 0.25) is 17.7 Å². The van der Waals surface area contributed by atoms with Crippen molar-refractivity contribution in [1.29, 1.82) is 0 Å². The van der Waals surface area contributed by atoms with E-state index in [1.807, 2.05) is 0 Å². The van der Waals surface area contributed by atoms with Crippen LogP contribution in [0.2, 0.25) is 0 Å². The second-order valence-electron chi connectivity index (χ2n) is 8.95. The summed E-state index contributed by atoms with van der Waals surface area (Å²) in [6, 6.07) is -3.52. The van der Waals surface area contributed by atoms with Gasteiger partial charge in [0.05, 0.1) is 18.7 Å². The Labute approximate surface area is 201 Å². The summed E-state index contributed by atoms with van der Waals surface area (Å²) in [4.78, 5) is 67.9. The van der Waals surface area contributed by atoms with Gasteiger partial charge in [-0.05, 0) is 25.7 Å². The van der Waals surface area contributed by atoms with Crippen LogP contribution in [0.15, 0.2) is 25.0 Å². The maximum absolute atomic E-state index is 13.6. The Hall–Kier alpha value is -3.74. The topological polar surface area (TPSA) is 190 Å². The van der Waals surface area contributed by atoms with E-state index < -0.39 is 42.0 Å². The molecule has 0 radical (unpaired) electrons. The molecule has 35 heavy (non-hydrogen) atoms. The Morgan fingerprint density at radius 2 is 1.60 bits per heavy atom. The fourth-order valence-electron chi connectivity index (χ4n) is 4.79. The summed E-state index contributed by atoms with van der Waals surface area (Å²) < 4.78 is 0. The van der Waals surface area contributed by atoms with Crippen LogP contribution < -0.4 is 11.1 Å². The number of hydrogen-bond acceptors (Lipinski definition) is 7. The third kappa shape index (κ3) is 5.50. The van der Waals surface area contributed by atoms with Crippen molar-refractivity contribution in [3.8, 4) is 0 Å². The van der Waals surface area contributed by atoms with E-state index in [9.17, 15) is 24.3 Å². The third-order valence-electron chi connectivity index (χ3n) is 6.57. The predicted octanol–water partition coefficient (Wildman–Crippen LogP) is -1.20. The third-order valence-corrected chi connectivity index (χ3v) is 6.57. The van der Waals surface area contributed by atoms with Crippen molar-refractivity contribution >= 4 is 23.7 Å². The van der Waals surface area contributed by atoms with Gasteiger partial charge in [0, 0.05) is 49.7 Å². The van der Waals surface area contributed by atoms with Gasteiger partial charge < -0.3 is 35.9 Å². The molecular weight excluding hydrogens is 456 g/mol. The summed E-state index contributed by atoms with van der Waals surface area (Å²) in [5.74, 6) is -2.32. The van der Waals surface area contributed by atoms with Crippen molar-refractivity contribution in [1.82, 2.24) is 35.1 Å². The number of nitrogens with one attached hydrogen (secondary N) is 3. The highest BCUT2D eigenvalue weighted by molar-refractivity contribution is 5.94. The summed E-state index contributed by atoms with van der Waals surface area (Å²) in [7, 11) is 0. The van der Waals surface area contributed by atoms with Gasteiger partial charge in [0.15, 0.2) is 0 Å². The van der Waals surface area contributed by atoms with Crippen LogP contribution in [0, 0.1) is 0 Å². The highest BCUT2D eigenvalue weighted by Gasteiger charge is 2.43. The summed E-state index contributed by atoms with van der Waals surface area (Å²) in [6.07, 6.45) is 8.51. The SMILES string of the molecule is N[C@@H](Cc1cnc[nH]1)C(=O)N[C@@H](Cc1cnc[nH]1)C(=O)N1CCC[C@H]1C(=O)N1CCC[C@H]1C(=O)O. The average Bonchev–Trinajstić information content (AvgIpc) is 3.64. The molecule has 4 rings (SSSR count). The van der Waals surface area contributed by atoms with E-state index in [1.54, 1.807) is 12.4 Å². The fourth-order valence-corrected chi connectivity index (χ4v) is 4.79. The van der Waals surface area contributed by atoms with Crippen LogP contribution in [-0.4, -0.2) is 95.8 Å². The molecule has 4 heterocycles. The van der Waals surface area contributed by atoms with Crippen molar-refractivity contribution < 1.29 is 24.3 Å². The number of aromatic nitrogens is 4. The first-order valence-electron chi connectivity index (χ1n) is 11.7. The normalized spacial score (nSPS) is 21.6. The molecule has 2 saturated heterocycles. The van der Waals surface area contributed by atoms with Gasteiger partial charge in [-0.1, -0.05) is 0 Å². The Kier molecular flexibility index (Phi) is 7.44. The van der Waals surface area contributed by atoms with E-state index in [1.165, 1.54) is 22.5 Å². The van der Waals surface area contributed by atoms with Crippen LogP contribution >= 0.6 is 0 Å². The summed E-state index contributed by atoms with van der Waals surface area (Å²) in [5.41, 5.74) is 7.39. The van der Waals surface area contributed by atoms with Crippen molar-refractivity contribution in [2.24, 2.45) is 5.73 Å². The molecule has 13 nitrogen and oxygen atoms in total. The largest absolute Gasteiger partial charge is 0.480 e. The van der Waals surface area contributed by atoms with E-state index in [2.05, 4.69) is 25.3 Å². The molecule has 0 unspecified atom stereocenters.